The van der Waals surface area contributed by atoms with Crippen molar-refractivity contribution in [3.8, 4) is 0 Å². The van der Waals surface area contributed by atoms with Crippen LogP contribution in [0.4, 0.5) is 0 Å². The van der Waals surface area contributed by atoms with Crippen LogP contribution in [0, 0.1) is 5.92 Å². The smallest absolute Gasteiger partial charge is 0.222 e. The zero-order valence-corrected chi connectivity index (χ0v) is 13.9. The molecule has 0 atom stereocenters. The number of carbonyl (C=O) groups is 1. The van der Waals surface area contributed by atoms with E-state index in [1.54, 1.807) is 0 Å². The minimum absolute atomic E-state index is 0.0520. The van der Waals surface area contributed by atoms with E-state index in [-0.39, 0.29) is 5.54 Å². The molecule has 21 heavy (non-hydrogen) atoms. The number of hydrogen-bond donors (Lipinski definition) is 1. The summed E-state index contributed by atoms with van der Waals surface area (Å²) in [6.07, 6.45) is 8.64. The highest BCUT2D eigenvalue weighted by molar-refractivity contribution is 5.76. The van der Waals surface area contributed by atoms with E-state index in [2.05, 4.69) is 23.6 Å². The average Bonchev–Trinajstić information content (AvgIpc) is 2.76. The third-order valence-corrected chi connectivity index (χ3v) is 5.43. The maximum Gasteiger partial charge on any atom is 0.222 e. The van der Waals surface area contributed by atoms with Crippen LogP contribution in [-0.4, -0.2) is 54.0 Å². The van der Waals surface area contributed by atoms with E-state index >= 15 is 0 Å². The van der Waals surface area contributed by atoms with Crippen molar-refractivity contribution in [3.63, 3.8) is 0 Å². The number of nitrogens with two attached hydrogens (primary N) is 1. The molecule has 2 aliphatic rings. The maximum absolute atomic E-state index is 12.5. The lowest BCUT2D eigenvalue weighted by Crippen LogP contribution is -2.58. The topological polar surface area (TPSA) is 49.6 Å². The van der Waals surface area contributed by atoms with Gasteiger partial charge in [-0.1, -0.05) is 25.7 Å². The molecule has 1 aliphatic heterocycles. The Morgan fingerprint density at radius 1 is 1.05 bits per heavy atom. The van der Waals surface area contributed by atoms with E-state index in [9.17, 15) is 4.79 Å². The van der Waals surface area contributed by atoms with E-state index in [0.717, 1.165) is 32.6 Å². The molecule has 1 aliphatic carbocycles. The largest absolute Gasteiger partial charge is 0.340 e. The summed E-state index contributed by atoms with van der Waals surface area (Å²) in [4.78, 5) is 17.0. The van der Waals surface area contributed by atoms with Crippen LogP contribution in [0.25, 0.3) is 0 Å². The molecular formula is C17H33N3O. The highest BCUT2D eigenvalue weighted by Crippen LogP contribution is 2.26. The summed E-state index contributed by atoms with van der Waals surface area (Å²) in [6, 6.07) is 0. The molecule has 0 aromatic carbocycles. The molecule has 1 amide bonds. The van der Waals surface area contributed by atoms with Gasteiger partial charge in [0.1, 0.15) is 0 Å². The average molecular weight is 295 g/mol. The molecular weight excluding hydrogens is 262 g/mol. The highest BCUT2D eigenvalue weighted by Gasteiger charge is 2.30. The van der Waals surface area contributed by atoms with Gasteiger partial charge in [0.05, 0.1) is 0 Å². The zero-order valence-electron chi connectivity index (χ0n) is 13.9. The van der Waals surface area contributed by atoms with Gasteiger partial charge < -0.3 is 10.6 Å². The van der Waals surface area contributed by atoms with Crippen LogP contribution in [0.3, 0.4) is 0 Å². The van der Waals surface area contributed by atoms with Crippen molar-refractivity contribution in [2.75, 3.05) is 32.7 Å². The molecule has 2 fully saturated rings. The Balaban J connectivity index is 1.77. The third kappa shape index (κ3) is 4.68. The van der Waals surface area contributed by atoms with Crippen molar-refractivity contribution < 1.29 is 4.79 Å². The lowest BCUT2D eigenvalue weighted by atomic mass is 9.95. The zero-order chi connectivity index (χ0) is 15.3. The fraction of sp³-hybridized carbons (Fsp3) is 0.941. The monoisotopic (exact) mass is 295 g/mol. The molecule has 0 aromatic rings. The molecule has 122 valence electrons. The Hall–Kier alpha value is -0.610. The van der Waals surface area contributed by atoms with E-state index < -0.39 is 0 Å². The summed E-state index contributed by atoms with van der Waals surface area (Å²) in [6.45, 7) is 8.71. The van der Waals surface area contributed by atoms with Crippen molar-refractivity contribution in [2.24, 2.45) is 11.7 Å². The lowest BCUT2D eigenvalue weighted by Gasteiger charge is -2.43. The second kappa shape index (κ2) is 7.59. The molecule has 1 saturated carbocycles. The van der Waals surface area contributed by atoms with Gasteiger partial charge in [0.15, 0.2) is 0 Å². The predicted octanol–water partition coefficient (Wildman–Crippen LogP) is 2.23. The SMILES string of the molecule is CC(C)(CN)N1CCN(C(=O)CC2CCCCCC2)CC1. The minimum atomic E-state index is 0.0520. The first-order chi connectivity index (χ1) is 10.0. The Morgan fingerprint density at radius 2 is 1.62 bits per heavy atom. The molecule has 4 heteroatoms. The summed E-state index contributed by atoms with van der Waals surface area (Å²) in [5, 5.41) is 0. The quantitative estimate of drug-likeness (QED) is 0.809. The van der Waals surface area contributed by atoms with Gasteiger partial charge in [0.25, 0.3) is 0 Å². The normalized spacial score (nSPS) is 23.1. The lowest BCUT2D eigenvalue weighted by molar-refractivity contribution is -0.134. The standard InChI is InChI=1S/C17H33N3O/c1-17(2,14-18)20-11-9-19(10-12-20)16(21)13-15-7-5-3-4-6-8-15/h15H,3-14,18H2,1-2H3. The van der Waals surface area contributed by atoms with Gasteiger partial charge in [-0.3, -0.25) is 9.69 Å². The summed E-state index contributed by atoms with van der Waals surface area (Å²) < 4.78 is 0. The predicted molar refractivity (Wildman–Crippen MR) is 87.1 cm³/mol. The van der Waals surface area contributed by atoms with E-state index in [1.807, 2.05) is 0 Å². The van der Waals surface area contributed by atoms with Gasteiger partial charge in [0, 0.05) is 44.7 Å². The summed E-state index contributed by atoms with van der Waals surface area (Å²) in [5.41, 5.74) is 5.90. The fourth-order valence-electron chi connectivity index (χ4n) is 3.63. The molecule has 1 saturated heterocycles. The molecule has 2 N–H and O–H groups in total. The van der Waals surface area contributed by atoms with Gasteiger partial charge in [-0.25, -0.2) is 0 Å². The first kappa shape index (κ1) is 16.8. The minimum Gasteiger partial charge on any atom is -0.340 e. The van der Waals surface area contributed by atoms with Crippen LogP contribution < -0.4 is 5.73 Å². The van der Waals surface area contributed by atoms with Crippen molar-refractivity contribution in [1.82, 2.24) is 9.80 Å². The van der Waals surface area contributed by atoms with Gasteiger partial charge in [-0.15, -0.1) is 0 Å². The van der Waals surface area contributed by atoms with Gasteiger partial charge in [-0.2, -0.15) is 0 Å². The number of rotatable bonds is 4. The molecule has 1 heterocycles. The molecule has 4 nitrogen and oxygen atoms in total. The van der Waals surface area contributed by atoms with Crippen LogP contribution in [0.15, 0.2) is 0 Å². The van der Waals surface area contributed by atoms with Crippen LogP contribution in [0.2, 0.25) is 0 Å². The molecule has 0 radical (unpaired) electrons. The Morgan fingerprint density at radius 3 is 2.14 bits per heavy atom. The van der Waals surface area contributed by atoms with Gasteiger partial charge in [0.2, 0.25) is 5.91 Å². The fourth-order valence-corrected chi connectivity index (χ4v) is 3.63. The molecule has 0 unspecified atom stereocenters. The highest BCUT2D eigenvalue weighted by atomic mass is 16.2. The van der Waals surface area contributed by atoms with E-state index in [4.69, 9.17) is 5.73 Å². The third-order valence-electron chi connectivity index (χ3n) is 5.43. The van der Waals surface area contributed by atoms with Crippen LogP contribution >= 0.6 is 0 Å². The number of piperazine rings is 1. The van der Waals surface area contributed by atoms with Gasteiger partial charge >= 0.3 is 0 Å². The molecule has 0 aromatic heterocycles. The van der Waals surface area contributed by atoms with Crippen LogP contribution in [-0.2, 0) is 4.79 Å². The summed E-state index contributed by atoms with van der Waals surface area (Å²) >= 11 is 0. The number of amides is 1. The van der Waals surface area contributed by atoms with E-state index in [0.29, 0.717) is 18.4 Å². The second-order valence-electron chi connectivity index (χ2n) is 7.45. The number of hydrogen-bond acceptors (Lipinski definition) is 3. The second-order valence-corrected chi connectivity index (χ2v) is 7.45. The van der Waals surface area contributed by atoms with Crippen LogP contribution in [0.5, 0.6) is 0 Å². The van der Waals surface area contributed by atoms with Crippen molar-refractivity contribution in [1.29, 1.82) is 0 Å². The first-order valence-electron chi connectivity index (χ1n) is 8.76. The molecule has 0 bridgehead atoms. The van der Waals surface area contributed by atoms with Crippen molar-refractivity contribution in [3.05, 3.63) is 0 Å². The molecule has 2 rings (SSSR count). The Labute approximate surface area is 130 Å². The molecule has 0 spiro atoms. The van der Waals surface area contributed by atoms with Crippen molar-refractivity contribution in [2.45, 2.75) is 64.3 Å². The first-order valence-corrected chi connectivity index (χ1v) is 8.76. The maximum atomic E-state index is 12.5. The number of carbonyl (C=O) groups excluding carboxylic acids is 1. The van der Waals surface area contributed by atoms with Crippen LogP contribution in [0.1, 0.15) is 58.8 Å². The van der Waals surface area contributed by atoms with Gasteiger partial charge in [-0.05, 0) is 32.6 Å². The summed E-state index contributed by atoms with van der Waals surface area (Å²) in [7, 11) is 0. The van der Waals surface area contributed by atoms with E-state index in [1.165, 1.54) is 38.5 Å². The Kier molecular flexibility index (Phi) is 6.06. The Bertz CT molecular complexity index is 327. The van der Waals surface area contributed by atoms with Crippen molar-refractivity contribution >= 4 is 5.91 Å². The number of nitrogens with zero attached hydrogens (tertiary/aromatic N) is 2. The summed E-state index contributed by atoms with van der Waals surface area (Å²) in [5.74, 6) is 1.02.